The molecule has 1 aromatic heterocycles. The van der Waals surface area contributed by atoms with E-state index < -0.39 is 0 Å². The number of para-hydroxylation sites is 1. The van der Waals surface area contributed by atoms with Gasteiger partial charge < -0.3 is 10.2 Å². The molecule has 1 fully saturated rings. The first-order valence-corrected chi connectivity index (χ1v) is 7.37. The molecule has 1 aliphatic heterocycles. The predicted molar refractivity (Wildman–Crippen MR) is 85.2 cm³/mol. The van der Waals surface area contributed by atoms with Crippen LogP contribution in [-0.2, 0) is 0 Å². The zero-order valence-electron chi connectivity index (χ0n) is 12.6. The van der Waals surface area contributed by atoms with Gasteiger partial charge in [-0.3, -0.25) is 4.98 Å². The highest BCUT2D eigenvalue weighted by molar-refractivity contribution is 5.81. The van der Waals surface area contributed by atoms with E-state index in [1.165, 1.54) is 11.1 Å². The summed E-state index contributed by atoms with van der Waals surface area (Å²) < 4.78 is 0. The number of piperazine rings is 1. The minimum Gasteiger partial charge on any atom is -0.367 e. The van der Waals surface area contributed by atoms with Gasteiger partial charge in [0.2, 0.25) is 0 Å². The van der Waals surface area contributed by atoms with Gasteiger partial charge in [0.25, 0.3) is 0 Å². The minimum atomic E-state index is 0.281. The average molecular weight is 269 g/mol. The number of nitrogens with one attached hydrogen (secondary N) is 1. The Labute approximate surface area is 121 Å². The lowest BCUT2D eigenvalue weighted by atomic mass is 9.85. The number of nitrogens with zero attached hydrogens (tertiary/aromatic N) is 2. The molecule has 1 saturated heterocycles. The summed E-state index contributed by atoms with van der Waals surface area (Å²) in [4.78, 5) is 7.03. The molecule has 3 nitrogen and oxygen atoms in total. The third kappa shape index (κ3) is 2.63. The summed E-state index contributed by atoms with van der Waals surface area (Å²) >= 11 is 0. The Kier molecular flexibility index (Phi) is 3.38. The number of hydrogen-bond donors (Lipinski definition) is 1. The summed E-state index contributed by atoms with van der Waals surface area (Å²) in [6.07, 6.45) is 2.01. The molecule has 1 unspecified atom stereocenters. The summed E-state index contributed by atoms with van der Waals surface area (Å²) in [6, 6.07) is 11.1. The number of benzene rings is 1. The van der Waals surface area contributed by atoms with Gasteiger partial charge in [0.15, 0.2) is 0 Å². The van der Waals surface area contributed by atoms with Crippen molar-refractivity contribution in [3.8, 4) is 0 Å². The van der Waals surface area contributed by atoms with Crippen LogP contribution in [0.1, 0.15) is 20.8 Å². The number of aromatic nitrogens is 1. The monoisotopic (exact) mass is 269 g/mol. The molecule has 1 aromatic carbocycles. The molecule has 0 aliphatic carbocycles. The van der Waals surface area contributed by atoms with E-state index in [4.69, 9.17) is 0 Å². The van der Waals surface area contributed by atoms with Crippen molar-refractivity contribution in [3.63, 3.8) is 0 Å². The third-order valence-electron chi connectivity index (χ3n) is 4.16. The van der Waals surface area contributed by atoms with Gasteiger partial charge in [-0.15, -0.1) is 0 Å². The van der Waals surface area contributed by atoms with E-state index in [9.17, 15) is 0 Å². The summed E-state index contributed by atoms with van der Waals surface area (Å²) in [5.41, 5.74) is 2.58. The van der Waals surface area contributed by atoms with Crippen LogP contribution in [0.4, 0.5) is 5.69 Å². The van der Waals surface area contributed by atoms with Crippen LogP contribution < -0.4 is 10.2 Å². The van der Waals surface area contributed by atoms with Crippen LogP contribution >= 0.6 is 0 Å². The highest BCUT2D eigenvalue weighted by Crippen LogP contribution is 2.26. The lowest BCUT2D eigenvalue weighted by Gasteiger charge is -2.41. The Morgan fingerprint density at radius 2 is 2.05 bits per heavy atom. The van der Waals surface area contributed by atoms with Crippen LogP contribution in [-0.4, -0.2) is 30.7 Å². The summed E-state index contributed by atoms with van der Waals surface area (Å²) in [5.74, 6) is 0. The van der Waals surface area contributed by atoms with Gasteiger partial charge in [0, 0.05) is 31.1 Å². The Morgan fingerprint density at radius 3 is 2.85 bits per heavy atom. The van der Waals surface area contributed by atoms with Crippen LogP contribution in [0.3, 0.4) is 0 Å². The molecule has 2 heterocycles. The normalized spacial score (nSPS) is 20.4. The maximum Gasteiger partial charge on any atom is 0.0703 e. The standard InChI is InChI=1S/C17H23N3/c1-17(2,3)16-12-20(9-8-18-16)14-10-13-6-4-5-7-15(13)19-11-14/h4-7,10-11,16,18H,8-9,12H2,1-3H3. The van der Waals surface area contributed by atoms with Crippen molar-refractivity contribution in [2.45, 2.75) is 26.8 Å². The molecule has 0 amide bonds. The highest BCUT2D eigenvalue weighted by Gasteiger charge is 2.29. The zero-order chi connectivity index (χ0) is 14.2. The molecule has 0 spiro atoms. The molecule has 20 heavy (non-hydrogen) atoms. The predicted octanol–water partition coefficient (Wildman–Crippen LogP) is 3.06. The molecule has 2 aromatic rings. The van der Waals surface area contributed by atoms with Crippen LogP contribution in [0.5, 0.6) is 0 Å². The van der Waals surface area contributed by atoms with Crippen molar-refractivity contribution in [2.75, 3.05) is 24.5 Å². The van der Waals surface area contributed by atoms with E-state index in [1.54, 1.807) is 0 Å². The molecule has 3 rings (SSSR count). The van der Waals surface area contributed by atoms with Gasteiger partial charge in [-0.25, -0.2) is 0 Å². The molecule has 106 valence electrons. The number of pyridine rings is 1. The molecular weight excluding hydrogens is 246 g/mol. The molecule has 0 saturated carbocycles. The summed E-state index contributed by atoms with van der Waals surface area (Å²) in [6.45, 7) is 10.0. The summed E-state index contributed by atoms with van der Waals surface area (Å²) in [5, 5.41) is 4.85. The molecular formula is C17H23N3. The first-order valence-electron chi connectivity index (χ1n) is 7.37. The second-order valence-electron chi connectivity index (χ2n) is 6.70. The van der Waals surface area contributed by atoms with Crippen LogP contribution in [0.25, 0.3) is 10.9 Å². The van der Waals surface area contributed by atoms with Gasteiger partial charge in [0.05, 0.1) is 17.4 Å². The second kappa shape index (κ2) is 5.06. The van der Waals surface area contributed by atoms with Gasteiger partial charge >= 0.3 is 0 Å². The molecule has 1 aliphatic rings. The van der Waals surface area contributed by atoms with Gasteiger partial charge in [-0.1, -0.05) is 39.0 Å². The Morgan fingerprint density at radius 1 is 1.25 bits per heavy atom. The topological polar surface area (TPSA) is 28.2 Å². The van der Waals surface area contributed by atoms with Crippen LogP contribution in [0, 0.1) is 5.41 Å². The van der Waals surface area contributed by atoms with Crippen LogP contribution in [0.2, 0.25) is 0 Å². The van der Waals surface area contributed by atoms with E-state index in [0.717, 1.165) is 25.2 Å². The number of hydrogen-bond acceptors (Lipinski definition) is 3. The summed E-state index contributed by atoms with van der Waals surface area (Å²) in [7, 11) is 0. The quantitative estimate of drug-likeness (QED) is 0.862. The van der Waals surface area contributed by atoms with E-state index in [-0.39, 0.29) is 5.41 Å². The Bertz CT molecular complexity index is 600. The zero-order valence-corrected chi connectivity index (χ0v) is 12.6. The van der Waals surface area contributed by atoms with Crippen molar-refractivity contribution in [3.05, 3.63) is 36.5 Å². The molecule has 0 radical (unpaired) electrons. The van der Waals surface area contributed by atoms with Crippen molar-refractivity contribution < 1.29 is 0 Å². The van der Waals surface area contributed by atoms with E-state index in [2.05, 4.69) is 60.2 Å². The smallest absolute Gasteiger partial charge is 0.0703 e. The van der Waals surface area contributed by atoms with Crippen LogP contribution in [0.15, 0.2) is 36.5 Å². The molecule has 1 atom stereocenters. The molecule has 3 heteroatoms. The fourth-order valence-corrected chi connectivity index (χ4v) is 2.80. The van der Waals surface area contributed by atoms with Crippen molar-refractivity contribution in [1.82, 2.24) is 10.3 Å². The minimum absolute atomic E-state index is 0.281. The lowest BCUT2D eigenvalue weighted by Crippen LogP contribution is -2.56. The SMILES string of the molecule is CC(C)(C)C1CN(c2cnc3ccccc3c2)CCN1. The Hall–Kier alpha value is -1.61. The van der Waals surface area contributed by atoms with E-state index >= 15 is 0 Å². The lowest BCUT2D eigenvalue weighted by molar-refractivity contribution is 0.254. The first kappa shape index (κ1) is 13.4. The van der Waals surface area contributed by atoms with Crippen molar-refractivity contribution in [1.29, 1.82) is 0 Å². The largest absolute Gasteiger partial charge is 0.367 e. The van der Waals surface area contributed by atoms with Gasteiger partial charge in [-0.05, 0) is 17.5 Å². The number of anilines is 1. The highest BCUT2D eigenvalue weighted by atomic mass is 15.2. The van der Waals surface area contributed by atoms with Gasteiger partial charge in [-0.2, -0.15) is 0 Å². The van der Waals surface area contributed by atoms with Crippen molar-refractivity contribution >= 4 is 16.6 Å². The first-order chi connectivity index (χ1) is 9.54. The Balaban J connectivity index is 1.87. The maximum atomic E-state index is 4.58. The van der Waals surface area contributed by atoms with E-state index in [0.29, 0.717) is 6.04 Å². The van der Waals surface area contributed by atoms with Gasteiger partial charge in [0.1, 0.15) is 0 Å². The number of rotatable bonds is 1. The van der Waals surface area contributed by atoms with Crippen molar-refractivity contribution in [2.24, 2.45) is 5.41 Å². The number of fused-ring (bicyclic) bond motifs is 1. The average Bonchev–Trinajstić information content (AvgIpc) is 2.46. The van der Waals surface area contributed by atoms with E-state index in [1.807, 2.05) is 12.3 Å². The molecule has 0 bridgehead atoms. The second-order valence-corrected chi connectivity index (χ2v) is 6.70. The fraction of sp³-hybridized carbons (Fsp3) is 0.471. The fourth-order valence-electron chi connectivity index (χ4n) is 2.80. The molecule has 1 N–H and O–H groups in total. The maximum absolute atomic E-state index is 4.58. The third-order valence-corrected chi connectivity index (χ3v) is 4.16.